The topological polar surface area (TPSA) is 102 Å². The summed E-state index contributed by atoms with van der Waals surface area (Å²) in [6, 6.07) is 11.3. The van der Waals surface area contributed by atoms with Gasteiger partial charge in [-0.2, -0.15) is 0 Å². The Hall–Kier alpha value is -3.39. The van der Waals surface area contributed by atoms with Crippen molar-refractivity contribution in [2.45, 2.75) is 52.3 Å². The highest BCUT2D eigenvalue weighted by Gasteiger charge is 2.54. The number of anilines is 2. The Morgan fingerprint density at radius 1 is 1.19 bits per heavy atom. The van der Waals surface area contributed by atoms with E-state index in [4.69, 9.17) is 15.5 Å². The first-order valence-electron chi connectivity index (χ1n) is 12.6. The van der Waals surface area contributed by atoms with Crippen molar-refractivity contribution >= 4 is 28.5 Å². The molecule has 2 aliphatic rings. The molecule has 1 aromatic heterocycles. The molecule has 3 N–H and O–H groups in total. The fourth-order valence-corrected chi connectivity index (χ4v) is 5.32. The molecule has 8 heteroatoms. The second-order valence-electron chi connectivity index (χ2n) is 11.2. The number of hydrogen-bond acceptors (Lipinski definition) is 7. The minimum Gasteiger partial charge on any atom is -0.456 e. The number of piperidine rings is 1. The number of nitrogens with two attached hydrogens (primary N) is 1. The summed E-state index contributed by atoms with van der Waals surface area (Å²) in [4.78, 5) is 33.5. The Kier molecular flexibility index (Phi) is 5.82. The van der Waals surface area contributed by atoms with Crippen LogP contribution >= 0.6 is 0 Å². The molecule has 0 bridgehead atoms. The Labute approximate surface area is 211 Å². The average molecular weight is 490 g/mol. The van der Waals surface area contributed by atoms with Crippen molar-refractivity contribution in [1.82, 2.24) is 9.55 Å². The second kappa shape index (κ2) is 8.62. The number of para-hydroxylation sites is 1. The molecule has 1 saturated heterocycles. The minimum absolute atomic E-state index is 0.0637. The van der Waals surface area contributed by atoms with Gasteiger partial charge in [-0.25, -0.2) is 9.78 Å². The van der Waals surface area contributed by atoms with Crippen LogP contribution in [0.3, 0.4) is 0 Å². The largest absolute Gasteiger partial charge is 0.456 e. The van der Waals surface area contributed by atoms with Crippen LogP contribution in [0.4, 0.5) is 11.6 Å². The van der Waals surface area contributed by atoms with Crippen molar-refractivity contribution in [2.75, 3.05) is 23.3 Å². The van der Waals surface area contributed by atoms with Gasteiger partial charge >= 0.3 is 5.97 Å². The zero-order valence-electron chi connectivity index (χ0n) is 21.8. The molecule has 0 radical (unpaired) electrons. The van der Waals surface area contributed by atoms with Gasteiger partial charge in [-0.3, -0.25) is 9.36 Å². The van der Waals surface area contributed by atoms with Crippen LogP contribution in [0.25, 0.3) is 10.9 Å². The standard InChI is InChI=1S/C28H35N5O3/c1-15-11-18(16(2)30-22-10-8-7-9-17(22)26(35)36-28(3,4)5)24-19(12-15)25(34)32(6)27(31-24)33-13-20-21(14-33)23(20)29/h7-12,16,20-21,23,30H,13-14,29H2,1-6H3/t16?,20-,21+,23-. The molecular formula is C28H35N5O3. The van der Waals surface area contributed by atoms with E-state index in [0.717, 1.165) is 24.2 Å². The van der Waals surface area contributed by atoms with Crippen molar-refractivity contribution in [3.8, 4) is 0 Å². The zero-order chi connectivity index (χ0) is 25.9. The minimum atomic E-state index is -0.594. The number of carbonyl (C=O) groups excluding carboxylic acids is 1. The highest BCUT2D eigenvalue weighted by molar-refractivity contribution is 5.96. The quantitative estimate of drug-likeness (QED) is 0.526. The molecule has 4 atom stereocenters. The van der Waals surface area contributed by atoms with Gasteiger partial charge in [-0.05, 0) is 70.2 Å². The predicted molar refractivity (Wildman–Crippen MR) is 143 cm³/mol. The van der Waals surface area contributed by atoms with E-state index in [2.05, 4.69) is 16.3 Å². The van der Waals surface area contributed by atoms with E-state index in [-0.39, 0.29) is 23.6 Å². The van der Waals surface area contributed by atoms with Gasteiger partial charge in [0.25, 0.3) is 5.56 Å². The van der Waals surface area contributed by atoms with E-state index in [1.54, 1.807) is 17.7 Å². The SMILES string of the molecule is Cc1cc(C(C)Nc2ccccc2C(=O)OC(C)(C)C)c2nc(N3C[C@@H]4[C@H](N)[C@@H]4C3)n(C)c(=O)c2c1. The highest BCUT2D eigenvalue weighted by atomic mass is 16.6. The second-order valence-corrected chi connectivity index (χ2v) is 11.2. The van der Waals surface area contributed by atoms with E-state index >= 15 is 0 Å². The smallest absolute Gasteiger partial charge is 0.340 e. The van der Waals surface area contributed by atoms with Gasteiger partial charge in [0.15, 0.2) is 0 Å². The summed E-state index contributed by atoms with van der Waals surface area (Å²) in [5.41, 5.74) is 9.18. The molecule has 1 saturated carbocycles. The predicted octanol–water partition coefficient (Wildman–Crippen LogP) is 3.76. The molecule has 1 aliphatic heterocycles. The third kappa shape index (κ3) is 4.34. The van der Waals surface area contributed by atoms with Crippen LogP contribution in [0.15, 0.2) is 41.2 Å². The lowest BCUT2D eigenvalue weighted by atomic mass is 10.0. The molecule has 2 heterocycles. The van der Waals surface area contributed by atoms with Gasteiger partial charge in [-0.1, -0.05) is 18.2 Å². The molecule has 36 heavy (non-hydrogen) atoms. The van der Waals surface area contributed by atoms with Gasteiger partial charge in [0, 0.05) is 37.4 Å². The zero-order valence-corrected chi connectivity index (χ0v) is 21.8. The number of carbonyl (C=O) groups is 1. The van der Waals surface area contributed by atoms with Gasteiger partial charge in [0.2, 0.25) is 5.95 Å². The lowest BCUT2D eigenvalue weighted by Gasteiger charge is -2.25. The fraction of sp³-hybridized carbons (Fsp3) is 0.464. The molecule has 3 aromatic rings. The van der Waals surface area contributed by atoms with Crippen LogP contribution in [0.5, 0.6) is 0 Å². The number of hydrogen-bond donors (Lipinski definition) is 2. The molecule has 2 aromatic carbocycles. The number of aryl methyl sites for hydroxylation is 1. The maximum absolute atomic E-state index is 13.4. The maximum atomic E-state index is 13.4. The van der Waals surface area contributed by atoms with E-state index in [0.29, 0.717) is 39.9 Å². The molecule has 190 valence electrons. The molecule has 5 rings (SSSR count). The molecular weight excluding hydrogens is 454 g/mol. The summed E-state index contributed by atoms with van der Waals surface area (Å²) < 4.78 is 7.26. The van der Waals surface area contributed by atoms with Crippen molar-refractivity contribution in [3.63, 3.8) is 0 Å². The first kappa shape index (κ1) is 24.3. The summed E-state index contributed by atoms with van der Waals surface area (Å²) in [5.74, 6) is 1.27. The Bertz CT molecular complexity index is 1390. The third-order valence-electron chi connectivity index (χ3n) is 7.26. The number of nitrogens with zero attached hydrogens (tertiary/aromatic N) is 3. The van der Waals surface area contributed by atoms with Crippen LogP contribution in [0.2, 0.25) is 0 Å². The number of benzene rings is 2. The van der Waals surface area contributed by atoms with Gasteiger partial charge in [0.05, 0.1) is 22.5 Å². The van der Waals surface area contributed by atoms with Gasteiger partial charge in [-0.15, -0.1) is 0 Å². The maximum Gasteiger partial charge on any atom is 0.340 e. The molecule has 0 amide bonds. The Morgan fingerprint density at radius 3 is 2.53 bits per heavy atom. The first-order chi connectivity index (χ1) is 16.9. The van der Waals surface area contributed by atoms with Crippen molar-refractivity contribution in [1.29, 1.82) is 0 Å². The number of esters is 1. The average Bonchev–Trinajstić information content (AvgIpc) is 3.19. The molecule has 0 spiro atoms. The summed E-state index contributed by atoms with van der Waals surface area (Å²) in [7, 11) is 1.79. The van der Waals surface area contributed by atoms with E-state index in [9.17, 15) is 9.59 Å². The Morgan fingerprint density at radius 2 is 1.86 bits per heavy atom. The lowest BCUT2D eigenvalue weighted by Crippen LogP contribution is -2.34. The summed E-state index contributed by atoms with van der Waals surface area (Å²) >= 11 is 0. The molecule has 1 aliphatic carbocycles. The summed E-state index contributed by atoms with van der Waals surface area (Å²) in [5, 5.41) is 4.07. The molecule has 1 unspecified atom stereocenters. The molecule has 8 nitrogen and oxygen atoms in total. The fourth-order valence-electron chi connectivity index (χ4n) is 5.32. The van der Waals surface area contributed by atoms with Crippen LogP contribution in [0.1, 0.15) is 55.2 Å². The number of rotatable bonds is 5. The van der Waals surface area contributed by atoms with Crippen molar-refractivity contribution < 1.29 is 9.53 Å². The van der Waals surface area contributed by atoms with E-state index in [1.807, 2.05) is 58.9 Å². The Balaban J connectivity index is 1.52. The summed E-state index contributed by atoms with van der Waals surface area (Å²) in [6.07, 6.45) is 0. The normalized spacial score (nSPS) is 21.9. The highest BCUT2D eigenvalue weighted by Crippen LogP contribution is 2.45. The first-order valence-corrected chi connectivity index (χ1v) is 12.6. The number of fused-ring (bicyclic) bond motifs is 2. The monoisotopic (exact) mass is 489 g/mol. The van der Waals surface area contributed by atoms with Crippen LogP contribution in [-0.4, -0.2) is 40.3 Å². The number of aromatic nitrogens is 2. The molecule has 2 fully saturated rings. The van der Waals surface area contributed by atoms with E-state index < -0.39 is 5.60 Å². The summed E-state index contributed by atoms with van der Waals surface area (Å²) in [6.45, 7) is 11.2. The number of nitrogens with one attached hydrogen (secondary N) is 1. The lowest BCUT2D eigenvalue weighted by molar-refractivity contribution is 0.00706. The van der Waals surface area contributed by atoms with Crippen molar-refractivity contribution in [2.24, 2.45) is 24.6 Å². The van der Waals surface area contributed by atoms with Crippen LogP contribution in [-0.2, 0) is 11.8 Å². The van der Waals surface area contributed by atoms with Gasteiger partial charge < -0.3 is 20.7 Å². The van der Waals surface area contributed by atoms with Crippen LogP contribution < -0.4 is 21.5 Å². The van der Waals surface area contributed by atoms with Crippen LogP contribution in [0, 0.1) is 18.8 Å². The van der Waals surface area contributed by atoms with E-state index in [1.165, 1.54) is 0 Å². The third-order valence-corrected chi connectivity index (χ3v) is 7.26. The number of ether oxygens (including phenoxy) is 1. The van der Waals surface area contributed by atoms with Crippen molar-refractivity contribution in [3.05, 3.63) is 63.4 Å². The van der Waals surface area contributed by atoms with Gasteiger partial charge in [0.1, 0.15) is 5.60 Å².